The van der Waals surface area contributed by atoms with Crippen molar-refractivity contribution in [3.05, 3.63) is 0 Å². The molecule has 0 bridgehead atoms. The quantitative estimate of drug-likeness (QED) is 0.321. The number of carbonyl (C=O) groups is 5. The second kappa shape index (κ2) is 10.6. The topological polar surface area (TPSA) is 183 Å². The van der Waals surface area contributed by atoms with Gasteiger partial charge in [-0.2, -0.15) is 0 Å². The van der Waals surface area contributed by atoms with Gasteiger partial charge in [-0.25, -0.2) is 4.79 Å². The molecule has 1 heterocycles. The fraction of sp³-hybridized carbons (Fsp3) is 0.783. The molecule has 34 heavy (non-hydrogen) atoms. The van der Waals surface area contributed by atoms with Crippen LogP contribution in [0.15, 0.2) is 0 Å². The molecule has 11 nitrogen and oxygen atoms in total. The highest BCUT2D eigenvalue weighted by Crippen LogP contribution is 2.28. The molecule has 1 aliphatic heterocycles. The lowest BCUT2D eigenvalue weighted by Gasteiger charge is -2.32. The maximum absolute atomic E-state index is 13.2. The molecule has 1 rings (SSSR count). The molecule has 0 saturated carbocycles. The second-order valence-electron chi connectivity index (χ2n) is 12.0. The van der Waals surface area contributed by atoms with Gasteiger partial charge in [-0.05, 0) is 38.5 Å². The van der Waals surface area contributed by atoms with Crippen molar-refractivity contribution in [2.45, 2.75) is 98.4 Å². The second-order valence-corrected chi connectivity index (χ2v) is 12.0. The van der Waals surface area contributed by atoms with Crippen LogP contribution >= 0.6 is 0 Å². The lowest BCUT2D eigenvalue weighted by molar-refractivity contribution is -0.139. The summed E-state index contributed by atoms with van der Waals surface area (Å²) >= 11 is 0. The molecule has 0 aromatic carbocycles. The zero-order chi connectivity index (χ0) is 26.6. The summed E-state index contributed by atoms with van der Waals surface area (Å²) in [5.74, 6) is -2.80. The van der Waals surface area contributed by atoms with Gasteiger partial charge in [0.25, 0.3) is 5.91 Å². The number of carbonyl (C=O) groups excluding carboxylic acids is 5. The Morgan fingerprint density at radius 1 is 1.03 bits per heavy atom. The van der Waals surface area contributed by atoms with E-state index in [0.29, 0.717) is 6.42 Å². The van der Waals surface area contributed by atoms with Crippen molar-refractivity contribution >= 4 is 29.7 Å². The number of amides is 5. The molecule has 5 amide bonds. The number of nitrogens with two attached hydrogens (primary N) is 2. The Hall–Kier alpha value is -2.85. The van der Waals surface area contributed by atoms with Gasteiger partial charge in [0, 0.05) is 16.9 Å². The Morgan fingerprint density at radius 2 is 1.56 bits per heavy atom. The molecule has 1 aliphatic rings. The average molecular weight is 484 g/mol. The molecule has 0 aromatic heterocycles. The van der Waals surface area contributed by atoms with Crippen LogP contribution in [0.2, 0.25) is 0 Å². The maximum atomic E-state index is 13.2. The molecule has 4 atom stereocenters. The van der Waals surface area contributed by atoms with E-state index in [9.17, 15) is 24.0 Å². The molecule has 0 aromatic rings. The summed E-state index contributed by atoms with van der Waals surface area (Å²) in [4.78, 5) is 61.8. The molecule has 1 saturated heterocycles. The lowest BCUT2D eigenvalue weighted by atomic mass is 9.85. The van der Waals surface area contributed by atoms with Gasteiger partial charge in [0.1, 0.15) is 12.1 Å². The van der Waals surface area contributed by atoms with Crippen LogP contribution in [0, 0.1) is 16.7 Å². The van der Waals surface area contributed by atoms with Crippen molar-refractivity contribution in [3.8, 4) is 0 Å². The van der Waals surface area contributed by atoms with Crippen molar-refractivity contribution < 1.29 is 28.7 Å². The number of hydrogen-bond acceptors (Lipinski definition) is 6. The number of rotatable bonds is 9. The summed E-state index contributed by atoms with van der Waals surface area (Å²) in [6, 6.07) is -2.15. The van der Waals surface area contributed by atoms with Gasteiger partial charge in [0.05, 0.1) is 0 Å². The largest absolute Gasteiger partial charge is 0.436 e. The molecule has 1 fully saturated rings. The minimum Gasteiger partial charge on any atom is -0.436 e. The number of ether oxygens (including phenoxy) is 1. The first-order valence-corrected chi connectivity index (χ1v) is 11.4. The van der Waals surface area contributed by atoms with Crippen LogP contribution in [0.25, 0.3) is 0 Å². The van der Waals surface area contributed by atoms with E-state index in [1.54, 1.807) is 20.8 Å². The van der Waals surface area contributed by atoms with Crippen LogP contribution in [-0.2, 0) is 23.9 Å². The van der Waals surface area contributed by atoms with E-state index in [4.69, 9.17) is 16.2 Å². The van der Waals surface area contributed by atoms with Gasteiger partial charge in [-0.15, -0.1) is 0 Å². The molecule has 7 N–H and O–H groups in total. The van der Waals surface area contributed by atoms with E-state index in [-0.39, 0.29) is 24.2 Å². The number of nitrogens with one attached hydrogen (secondary N) is 3. The van der Waals surface area contributed by atoms with E-state index in [2.05, 4.69) is 16.0 Å². The highest BCUT2D eigenvalue weighted by Gasteiger charge is 2.41. The lowest BCUT2D eigenvalue weighted by Crippen LogP contribution is -2.57. The van der Waals surface area contributed by atoms with E-state index in [0.717, 1.165) is 0 Å². The highest BCUT2D eigenvalue weighted by molar-refractivity contribution is 5.93. The summed E-state index contributed by atoms with van der Waals surface area (Å²) in [7, 11) is 0. The van der Waals surface area contributed by atoms with E-state index >= 15 is 0 Å². The third kappa shape index (κ3) is 9.18. The Balaban J connectivity index is 3.07. The van der Waals surface area contributed by atoms with Crippen LogP contribution in [0.1, 0.15) is 74.7 Å². The van der Waals surface area contributed by atoms with Gasteiger partial charge in [-0.3, -0.25) is 19.2 Å². The van der Waals surface area contributed by atoms with Crippen molar-refractivity contribution in [2.24, 2.45) is 28.2 Å². The van der Waals surface area contributed by atoms with Gasteiger partial charge < -0.3 is 32.2 Å². The molecule has 194 valence electrons. The Labute approximate surface area is 201 Å². The maximum Gasteiger partial charge on any atom is 0.405 e. The SMILES string of the molecule is CC(C)(C)CC(NC(=O)C(OC(N)=O)C(C)(C)C)C(=O)NC(CC1CC(C)(C)NC1=O)C(N)=O. The predicted octanol–water partition coefficient (Wildman–Crippen LogP) is 0.692. The smallest absolute Gasteiger partial charge is 0.405 e. The summed E-state index contributed by atoms with van der Waals surface area (Å²) in [6.07, 6.45) is -1.59. The fourth-order valence-corrected chi connectivity index (χ4v) is 4.00. The van der Waals surface area contributed by atoms with E-state index in [1.165, 1.54) is 0 Å². The molecule has 0 aliphatic carbocycles. The third-order valence-electron chi connectivity index (χ3n) is 5.48. The van der Waals surface area contributed by atoms with Gasteiger partial charge in [0.2, 0.25) is 17.7 Å². The number of hydrogen-bond donors (Lipinski definition) is 5. The van der Waals surface area contributed by atoms with Crippen LogP contribution in [0.4, 0.5) is 4.79 Å². The molecule has 0 radical (unpaired) electrons. The first kappa shape index (κ1) is 29.2. The minimum atomic E-state index is -1.24. The van der Waals surface area contributed by atoms with Crippen LogP contribution in [-0.4, -0.2) is 53.4 Å². The van der Waals surface area contributed by atoms with Crippen molar-refractivity contribution in [2.75, 3.05) is 0 Å². The van der Waals surface area contributed by atoms with Crippen LogP contribution in [0.3, 0.4) is 0 Å². The Bertz CT molecular complexity index is 812. The monoisotopic (exact) mass is 483 g/mol. The van der Waals surface area contributed by atoms with Gasteiger partial charge >= 0.3 is 6.09 Å². The fourth-order valence-electron chi connectivity index (χ4n) is 4.00. The van der Waals surface area contributed by atoms with Crippen LogP contribution in [0.5, 0.6) is 0 Å². The highest BCUT2D eigenvalue weighted by atomic mass is 16.6. The molecule has 0 spiro atoms. The average Bonchev–Trinajstić information content (AvgIpc) is 2.87. The zero-order valence-electron chi connectivity index (χ0n) is 21.5. The van der Waals surface area contributed by atoms with Crippen molar-refractivity contribution in [1.82, 2.24) is 16.0 Å². The summed E-state index contributed by atoms with van der Waals surface area (Å²) in [6.45, 7) is 14.5. The molecular weight excluding hydrogens is 442 g/mol. The van der Waals surface area contributed by atoms with Crippen molar-refractivity contribution in [1.29, 1.82) is 0 Å². The summed E-state index contributed by atoms with van der Waals surface area (Å²) in [5, 5.41) is 8.08. The molecule has 4 unspecified atom stereocenters. The standard InChI is InChI=1S/C23H41N5O6/c1-21(2,3)11-14(27-19(32)15(22(4,5)6)34-20(25)33)18(31)26-13(16(24)29)9-12-10-23(7,8)28-17(12)30/h12-15H,9-11H2,1-8H3,(H2,24,29)(H2,25,33)(H,26,31)(H,27,32)(H,28,30). The summed E-state index contributed by atoms with van der Waals surface area (Å²) < 4.78 is 5.00. The summed E-state index contributed by atoms with van der Waals surface area (Å²) in [5.41, 5.74) is 9.05. The molecular formula is C23H41N5O6. The van der Waals surface area contributed by atoms with Gasteiger partial charge in [-0.1, -0.05) is 41.5 Å². The minimum absolute atomic E-state index is 0.0436. The zero-order valence-corrected chi connectivity index (χ0v) is 21.5. The van der Waals surface area contributed by atoms with Crippen LogP contribution < -0.4 is 27.4 Å². The Morgan fingerprint density at radius 3 is 1.94 bits per heavy atom. The third-order valence-corrected chi connectivity index (χ3v) is 5.48. The first-order valence-electron chi connectivity index (χ1n) is 11.4. The van der Waals surface area contributed by atoms with Crippen molar-refractivity contribution in [3.63, 3.8) is 0 Å². The number of primary amides is 2. The Kier molecular flexibility index (Phi) is 9.10. The first-order chi connectivity index (χ1) is 15.2. The van der Waals surface area contributed by atoms with E-state index < -0.39 is 58.9 Å². The predicted molar refractivity (Wildman–Crippen MR) is 126 cm³/mol. The normalized spacial score (nSPS) is 20.5. The van der Waals surface area contributed by atoms with Gasteiger partial charge in [0.15, 0.2) is 6.10 Å². The van der Waals surface area contributed by atoms with E-state index in [1.807, 2.05) is 34.6 Å². The molecule has 11 heteroatoms.